The van der Waals surface area contributed by atoms with E-state index in [9.17, 15) is 9.59 Å². The number of nitrogens with zero attached hydrogens (tertiary/aromatic N) is 3. The lowest BCUT2D eigenvalue weighted by Gasteiger charge is -2.12. The van der Waals surface area contributed by atoms with Gasteiger partial charge in [0.1, 0.15) is 11.3 Å². The number of rotatable bonds is 7. The molecule has 1 aromatic carbocycles. The van der Waals surface area contributed by atoms with E-state index >= 15 is 0 Å². The van der Waals surface area contributed by atoms with Gasteiger partial charge in [-0.3, -0.25) is 9.59 Å². The molecular formula is C21H25N5O3. The highest BCUT2D eigenvalue weighted by molar-refractivity contribution is 5.99. The Hall–Kier alpha value is -3.42. The van der Waals surface area contributed by atoms with Crippen LogP contribution in [-0.2, 0) is 11.2 Å². The fourth-order valence-electron chi connectivity index (χ4n) is 3.22. The van der Waals surface area contributed by atoms with Crippen LogP contribution in [-0.4, -0.2) is 46.6 Å². The lowest BCUT2D eigenvalue weighted by atomic mass is 10.0. The molecule has 152 valence electrons. The Morgan fingerprint density at radius 2 is 1.93 bits per heavy atom. The number of carbonyl (C=O) groups is 2. The van der Waals surface area contributed by atoms with E-state index in [2.05, 4.69) is 20.7 Å². The van der Waals surface area contributed by atoms with Crippen molar-refractivity contribution in [2.45, 2.75) is 27.2 Å². The predicted molar refractivity (Wildman–Crippen MR) is 109 cm³/mol. The third-order valence-corrected chi connectivity index (χ3v) is 4.75. The number of amides is 2. The Morgan fingerprint density at radius 1 is 1.17 bits per heavy atom. The molecule has 0 radical (unpaired) electrons. The van der Waals surface area contributed by atoms with Crippen molar-refractivity contribution >= 4 is 17.5 Å². The number of methoxy groups -OCH3 is 1. The number of hydrogen-bond donors (Lipinski definition) is 2. The van der Waals surface area contributed by atoms with Gasteiger partial charge in [0.15, 0.2) is 5.65 Å². The molecule has 0 saturated heterocycles. The van der Waals surface area contributed by atoms with Gasteiger partial charge < -0.3 is 15.4 Å². The Morgan fingerprint density at radius 3 is 2.66 bits per heavy atom. The molecule has 0 aliphatic rings. The van der Waals surface area contributed by atoms with E-state index < -0.39 is 0 Å². The molecular weight excluding hydrogens is 370 g/mol. The summed E-state index contributed by atoms with van der Waals surface area (Å²) >= 11 is 0. The van der Waals surface area contributed by atoms with E-state index in [4.69, 9.17) is 4.74 Å². The molecule has 0 fully saturated rings. The highest BCUT2D eigenvalue weighted by Crippen LogP contribution is 2.22. The van der Waals surface area contributed by atoms with E-state index in [0.29, 0.717) is 30.7 Å². The number of carbonyl (C=O) groups excluding carboxylic acids is 2. The number of hydrogen-bond acceptors (Lipinski definition) is 5. The van der Waals surface area contributed by atoms with Gasteiger partial charge in [0.2, 0.25) is 5.91 Å². The molecule has 2 heterocycles. The third kappa shape index (κ3) is 4.53. The van der Waals surface area contributed by atoms with Gasteiger partial charge in [-0.1, -0.05) is 12.1 Å². The minimum atomic E-state index is -0.266. The molecule has 2 aromatic heterocycles. The van der Waals surface area contributed by atoms with Crippen LogP contribution < -0.4 is 15.4 Å². The van der Waals surface area contributed by atoms with Gasteiger partial charge in [-0.15, -0.1) is 0 Å². The Kier molecular flexibility index (Phi) is 6.11. The maximum Gasteiger partial charge on any atom is 0.256 e. The van der Waals surface area contributed by atoms with Crippen molar-refractivity contribution in [3.63, 3.8) is 0 Å². The predicted octanol–water partition coefficient (Wildman–Crippen LogP) is 1.81. The zero-order valence-electron chi connectivity index (χ0n) is 17.1. The van der Waals surface area contributed by atoms with Crippen LogP contribution in [0.2, 0.25) is 0 Å². The SMILES string of the molecule is COc1cccc(Cc2c(C)nc3c(C(=O)NCCNC(C)=O)cnn3c2C)c1. The third-order valence-electron chi connectivity index (χ3n) is 4.75. The van der Waals surface area contributed by atoms with Crippen molar-refractivity contribution in [2.75, 3.05) is 20.2 Å². The molecule has 0 aliphatic heterocycles. The Balaban J connectivity index is 1.85. The summed E-state index contributed by atoms with van der Waals surface area (Å²) in [4.78, 5) is 28.1. The first-order valence-corrected chi connectivity index (χ1v) is 9.40. The molecule has 0 spiro atoms. The van der Waals surface area contributed by atoms with Crippen LogP contribution in [0.4, 0.5) is 0 Å². The van der Waals surface area contributed by atoms with Gasteiger partial charge in [0.25, 0.3) is 5.91 Å². The van der Waals surface area contributed by atoms with Crippen molar-refractivity contribution in [1.29, 1.82) is 0 Å². The van der Waals surface area contributed by atoms with Gasteiger partial charge in [0.05, 0.1) is 13.3 Å². The number of fused-ring (bicyclic) bond motifs is 1. The van der Waals surface area contributed by atoms with E-state index in [1.807, 2.05) is 38.1 Å². The number of aromatic nitrogens is 3. The topological polar surface area (TPSA) is 97.6 Å². The van der Waals surface area contributed by atoms with Gasteiger partial charge >= 0.3 is 0 Å². The summed E-state index contributed by atoms with van der Waals surface area (Å²) < 4.78 is 7.01. The summed E-state index contributed by atoms with van der Waals surface area (Å²) in [6, 6.07) is 7.92. The standard InChI is InChI=1S/C21H25N5O3/c1-13-18(11-16-6-5-7-17(10-16)29-4)14(2)26-20(25-13)19(12-24-26)21(28)23-9-8-22-15(3)27/h5-7,10,12H,8-9,11H2,1-4H3,(H,22,27)(H,23,28). The van der Waals surface area contributed by atoms with Gasteiger partial charge in [-0.05, 0) is 37.1 Å². The zero-order chi connectivity index (χ0) is 21.0. The van der Waals surface area contributed by atoms with Crippen molar-refractivity contribution in [2.24, 2.45) is 0 Å². The van der Waals surface area contributed by atoms with Crippen LogP contribution in [0.5, 0.6) is 5.75 Å². The largest absolute Gasteiger partial charge is 0.497 e. The summed E-state index contributed by atoms with van der Waals surface area (Å²) in [5, 5.41) is 9.79. The van der Waals surface area contributed by atoms with Crippen molar-refractivity contribution in [1.82, 2.24) is 25.2 Å². The minimum absolute atomic E-state index is 0.133. The molecule has 0 aliphatic carbocycles. The van der Waals surface area contributed by atoms with Crippen LogP contribution in [0.25, 0.3) is 5.65 Å². The van der Waals surface area contributed by atoms with E-state index in [0.717, 1.165) is 28.3 Å². The van der Waals surface area contributed by atoms with Crippen LogP contribution >= 0.6 is 0 Å². The van der Waals surface area contributed by atoms with Crippen LogP contribution in [0.1, 0.15) is 39.8 Å². The molecule has 2 amide bonds. The average Bonchev–Trinajstić information content (AvgIpc) is 3.12. The summed E-state index contributed by atoms with van der Waals surface area (Å²) in [6.45, 7) is 6.06. The Bertz CT molecular complexity index is 1060. The van der Waals surface area contributed by atoms with Gasteiger partial charge in [0, 0.05) is 37.8 Å². The first-order valence-electron chi connectivity index (χ1n) is 9.40. The Labute approximate surface area is 169 Å². The highest BCUT2D eigenvalue weighted by Gasteiger charge is 2.18. The number of nitrogens with one attached hydrogen (secondary N) is 2. The van der Waals surface area contributed by atoms with E-state index in [1.165, 1.54) is 13.1 Å². The molecule has 8 heteroatoms. The summed E-state index contributed by atoms with van der Waals surface area (Å²) in [7, 11) is 1.65. The quantitative estimate of drug-likeness (QED) is 0.595. The second-order valence-corrected chi connectivity index (χ2v) is 6.82. The second kappa shape index (κ2) is 8.72. The fraction of sp³-hybridized carbons (Fsp3) is 0.333. The molecule has 29 heavy (non-hydrogen) atoms. The number of benzene rings is 1. The highest BCUT2D eigenvalue weighted by atomic mass is 16.5. The van der Waals surface area contributed by atoms with E-state index in [1.54, 1.807) is 11.6 Å². The average molecular weight is 395 g/mol. The normalized spacial score (nSPS) is 10.8. The van der Waals surface area contributed by atoms with Gasteiger partial charge in [-0.25, -0.2) is 9.50 Å². The first-order chi connectivity index (χ1) is 13.9. The number of aryl methyl sites for hydroxylation is 2. The molecule has 2 N–H and O–H groups in total. The maximum atomic E-state index is 12.5. The molecule has 3 aromatic rings. The minimum Gasteiger partial charge on any atom is -0.497 e. The van der Waals surface area contributed by atoms with Crippen LogP contribution in [0.3, 0.4) is 0 Å². The van der Waals surface area contributed by atoms with Crippen molar-refractivity contribution < 1.29 is 14.3 Å². The first kappa shape index (κ1) is 20.3. The lowest BCUT2D eigenvalue weighted by Crippen LogP contribution is -2.33. The number of ether oxygens (including phenoxy) is 1. The summed E-state index contributed by atoms with van der Waals surface area (Å²) in [6.07, 6.45) is 2.22. The molecule has 0 bridgehead atoms. The lowest BCUT2D eigenvalue weighted by molar-refractivity contribution is -0.118. The van der Waals surface area contributed by atoms with Crippen LogP contribution in [0, 0.1) is 13.8 Å². The molecule has 8 nitrogen and oxygen atoms in total. The summed E-state index contributed by atoms with van der Waals surface area (Å²) in [5.74, 6) is 0.410. The van der Waals surface area contributed by atoms with Crippen LogP contribution in [0.15, 0.2) is 30.5 Å². The zero-order valence-corrected chi connectivity index (χ0v) is 17.1. The second-order valence-electron chi connectivity index (χ2n) is 6.82. The summed E-state index contributed by atoms with van der Waals surface area (Å²) in [5.41, 5.74) is 4.89. The van der Waals surface area contributed by atoms with Crippen molar-refractivity contribution in [3.8, 4) is 5.75 Å². The molecule has 3 rings (SSSR count). The fourth-order valence-corrected chi connectivity index (χ4v) is 3.22. The molecule has 0 unspecified atom stereocenters. The smallest absolute Gasteiger partial charge is 0.256 e. The van der Waals surface area contributed by atoms with E-state index in [-0.39, 0.29) is 11.8 Å². The van der Waals surface area contributed by atoms with Gasteiger partial charge in [-0.2, -0.15) is 5.10 Å². The monoisotopic (exact) mass is 395 g/mol. The van der Waals surface area contributed by atoms with Crippen molar-refractivity contribution in [3.05, 3.63) is 58.5 Å². The molecule has 0 atom stereocenters. The maximum absolute atomic E-state index is 12.5. The molecule has 0 saturated carbocycles.